The van der Waals surface area contributed by atoms with Crippen LogP contribution in [0, 0.1) is 0 Å². The molecule has 0 atom stereocenters. The second kappa shape index (κ2) is 10.8. The Hall–Kier alpha value is -3.84. The fourth-order valence-electron chi connectivity index (χ4n) is 3.81. The molecule has 6 bridgehead atoms. The first-order valence-electron chi connectivity index (χ1n) is 12.1. The van der Waals surface area contributed by atoms with Crippen molar-refractivity contribution < 1.29 is 19.1 Å². The molecular formula is C29H33N3O4. The highest BCUT2D eigenvalue weighted by Crippen LogP contribution is 2.27. The summed E-state index contributed by atoms with van der Waals surface area (Å²) in [6, 6.07) is 19.9. The van der Waals surface area contributed by atoms with Gasteiger partial charge in [0.25, 0.3) is 11.8 Å². The molecule has 0 aliphatic carbocycles. The standard InChI is InChI=1S/C29H33N3O4/c1-29(2,3)22-16-20-15-21(17-22)28(34)31-24-8-6-10-26(19-24)36-14-12-32(4)11-13-35-25-9-5-7-23(18-25)30-27(20)33/h5-10,15-19H,11-14H2,1-4H3,(H,30,33)(H,31,34). The minimum Gasteiger partial charge on any atom is -0.492 e. The number of anilines is 2. The third-order valence-corrected chi connectivity index (χ3v) is 5.99. The van der Waals surface area contributed by atoms with Crippen LogP contribution in [0.4, 0.5) is 11.4 Å². The molecule has 7 heteroatoms. The Morgan fingerprint density at radius 2 is 1.19 bits per heavy atom. The summed E-state index contributed by atoms with van der Waals surface area (Å²) in [4.78, 5) is 28.6. The highest BCUT2D eigenvalue weighted by atomic mass is 16.5. The fourth-order valence-corrected chi connectivity index (χ4v) is 3.81. The van der Waals surface area contributed by atoms with E-state index in [4.69, 9.17) is 9.47 Å². The number of ether oxygens (including phenoxy) is 2. The Morgan fingerprint density at radius 1 is 0.722 bits per heavy atom. The third kappa shape index (κ3) is 6.64. The van der Waals surface area contributed by atoms with Crippen LogP contribution in [0.3, 0.4) is 0 Å². The SMILES string of the molecule is CN1CCOc2cccc(c2)NC(=O)c2cc(cc(C(C)(C)C)c2)C(=O)Nc2cccc(c2)OCC1. The average Bonchev–Trinajstić information content (AvgIpc) is 2.83. The minimum atomic E-state index is -0.295. The molecule has 2 amide bonds. The zero-order chi connectivity index (χ0) is 25.7. The fraction of sp³-hybridized carbons (Fsp3) is 0.310. The van der Waals surface area contributed by atoms with E-state index in [2.05, 4.69) is 36.3 Å². The number of carbonyl (C=O) groups excluding carboxylic acids is 2. The van der Waals surface area contributed by atoms with Gasteiger partial charge in [0.15, 0.2) is 0 Å². The molecule has 7 nitrogen and oxygen atoms in total. The maximum absolute atomic E-state index is 13.2. The Labute approximate surface area is 212 Å². The van der Waals surface area contributed by atoms with Gasteiger partial charge in [0.2, 0.25) is 0 Å². The molecule has 3 aromatic rings. The molecule has 0 unspecified atom stereocenters. The largest absolute Gasteiger partial charge is 0.492 e. The molecule has 2 N–H and O–H groups in total. The van der Waals surface area contributed by atoms with Crippen LogP contribution < -0.4 is 20.1 Å². The lowest BCUT2D eigenvalue weighted by Gasteiger charge is -2.21. The number of hydrogen-bond acceptors (Lipinski definition) is 5. The zero-order valence-electron chi connectivity index (χ0n) is 21.3. The zero-order valence-corrected chi connectivity index (χ0v) is 21.3. The van der Waals surface area contributed by atoms with E-state index in [0.717, 1.165) is 18.7 Å². The predicted molar refractivity (Wildman–Crippen MR) is 142 cm³/mol. The molecule has 1 heterocycles. The van der Waals surface area contributed by atoms with Gasteiger partial charge < -0.3 is 20.1 Å². The summed E-state index contributed by atoms with van der Waals surface area (Å²) in [5.41, 5.74) is 2.70. The Morgan fingerprint density at radius 3 is 1.64 bits per heavy atom. The molecular weight excluding hydrogens is 454 g/mol. The van der Waals surface area contributed by atoms with E-state index >= 15 is 0 Å². The highest BCUT2D eigenvalue weighted by molar-refractivity contribution is 6.09. The van der Waals surface area contributed by atoms with Gasteiger partial charge in [-0.2, -0.15) is 0 Å². The van der Waals surface area contributed by atoms with Crippen molar-refractivity contribution in [3.63, 3.8) is 0 Å². The Kier molecular flexibility index (Phi) is 7.60. The number of fused-ring (bicyclic) bond motifs is 6. The Bertz CT molecular complexity index is 1160. The molecule has 0 saturated carbocycles. The summed E-state index contributed by atoms with van der Waals surface area (Å²) in [7, 11) is 2.01. The molecule has 188 valence electrons. The van der Waals surface area contributed by atoms with Crippen molar-refractivity contribution in [3.8, 4) is 11.5 Å². The lowest BCUT2D eigenvalue weighted by Crippen LogP contribution is -2.28. The molecule has 0 saturated heterocycles. The van der Waals surface area contributed by atoms with Crippen LogP contribution in [-0.2, 0) is 5.41 Å². The van der Waals surface area contributed by atoms with E-state index in [1.54, 1.807) is 18.2 Å². The monoisotopic (exact) mass is 487 g/mol. The number of rotatable bonds is 0. The quantitative estimate of drug-likeness (QED) is 0.456. The molecule has 3 aromatic carbocycles. The summed E-state index contributed by atoms with van der Waals surface area (Å²) >= 11 is 0. The van der Waals surface area contributed by atoms with Crippen LogP contribution in [0.15, 0.2) is 66.7 Å². The van der Waals surface area contributed by atoms with Gasteiger partial charge in [-0.25, -0.2) is 0 Å². The van der Waals surface area contributed by atoms with Gasteiger partial charge in [0.1, 0.15) is 24.7 Å². The predicted octanol–water partition coefficient (Wildman–Crippen LogP) is 5.19. The normalized spacial score (nSPS) is 15.7. The molecule has 4 rings (SSSR count). The molecule has 0 fully saturated rings. The number of likely N-dealkylation sites (N-methyl/N-ethyl adjacent to an activating group) is 1. The topological polar surface area (TPSA) is 79.9 Å². The van der Waals surface area contributed by atoms with Crippen molar-refractivity contribution in [3.05, 3.63) is 83.4 Å². The Balaban J connectivity index is 1.70. The van der Waals surface area contributed by atoms with E-state index in [-0.39, 0.29) is 17.2 Å². The molecule has 0 aromatic heterocycles. The first kappa shape index (κ1) is 25.3. The maximum atomic E-state index is 13.2. The summed E-state index contributed by atoms with van der Waals surface area (Å²) in [5, 5.41) is 5.88. The van der Waals surface area contributed by atoms with Crippen molar-refractivity contribution >= 4 is 23.2 Å². The second-order valence-electron chi connectivity index (χ2n) is 10.0. The van der Waals surface area contributed by atoms with E-state index in [1.807, 2.05) is 55.6 Å². The smallest absolute Gasteiger partial charge is 0.255 e. The molecule has 36 heavy (non-hydrogen) atoms. The van der Waals surface area contributed by atoms with Crippen LogP contribution in [0.1, 0.15) is 47.1 Å². The lowest BCUT2D eigenvalue weighted by atomic mass is 9.85. The van der Waals surface area contributed by atoms with Crippen LogP contribution in [0.25, 0.3) is 0 Å². The maximum Gasteiger partial charge on any atom is 0.255 e. The molecule has 0 spiro atoms. The number of nitrogens with zero attached hydrogens (tertiary/aromatic N) is 1. The number of benzene rings is 3. The average molecular weight is 488 g/mol. The summed E-state index contributed by atoms with van der Waals surface area (Å²) in [5.74, 6) is 0.757. The van der Waals surface area contributed by atoms with Crippen molar-refractivity contribution in [2.75, 3.05) is 44.0 Å². The summed E-state index contributed by atoms with van der Waals surface area (Å²) in [6.07, 6.45) is 0. The minimum absolute atomic E-state index is 0.256. The van der Waals surface area contributed by atoms with Crippen LogP contribution in [0.2, 0.25) is 0 Å². The number of nitrogens with one attached hydrogen (secondary N) is 2. The van der Waals surface area contributed by atoms with Crippen LogP contribution in [-0.4, -0.2) is 50.1 Å². The first-order valence-corrected chi connectivity index (χ1v) is 12.1. The van der Waals surface area contributed by atoms with Gasteiger partial charge in [0.05, 0.1) is 0 Å². The van der Waals surface area contributed by atoms with Crippen LogP contribution in [0.5, 0.6) is 11.5 Å². The van der Waals surface area contributed by atoms with Gasteiger partial charge in [0, 0.05) is 47.7 Å². The summed E-state index contributed by atoms with van der Waals surface area (Å²) < 4.78 is 11.8. The third-order valence-electron chi connectivity index (χ3n) is 5.99. The summed E-state index contributed by atoms with van der Waals surface area (Å²) in [6.45, 7) is 8.61. The van der Waals surface area contributed by atoms with Crippen molar-refractivity contribution in [2.45, 2.75) is 26.2 Å². The van der Waals surface area contributed by atoms with Crippen molar-refractivity contribution in [2.24, 2.45) is 0 Å². The number of amides is 2. The lowest BCUT2D eigenvalue weighted by molar-refractivity contribution is 0.102. The number of carbonyl (C=O) groups is 2. The van der Waals surface area contributed by atoms with E-state index in [9.17, 15) is 9.59 Å². The van der Waals surface area contributed by atoms with Crippen molar-refractivity contribution in [1.82, 2.24) is 4.90 Å². The van der Waals surface area contributed by atoms with Crippen molar-refractivity contribution in [1.29, 1.82) is 0 Å². The van der Waals surface area contributed by atoms with E-state index in [1.165, 1.54) is 0 Å². The van der Waals surface area contributed by atoms with Gasteiger partial charge in [-0.15, -0.1) is 0 Å². The number of hydrogen-bond donors (Lipinski definition) is 2. The molecule has 0 radical (unpaired) electrons. The highest BCUT2D eigenvalue weighted by Gasteiger charge is 2.20. The van der Waals surface area contributed by atoms with Gasteiger partial charge >= 0.3 is 0 Å². The van der Waals surface area contributed by atoms with E-state index in [0.29, 0.717) is 47.2 Å². The first-order chi connectivity index (χ1) is 17.2. The van der Waals surface area contributed by atoms with Gasteiger partial charge in [-0.1, -0.05) is 32.9 Å². The molecule has 1 aliphatic heterocycles. The second-order valence-corrected chi connectivity index (χ2v) is 10.0. The molecule has 1 aliphatic rings. The van der Waals surface area contributed by atoms with Crippen LogP contribution >= 0.6 is 0 Å². The van der Waals surface area contributed by atoms with Gasteiger partial charge in [-0.05, 0) is 60.5 Å². The van der Waals surface area contributed by atoms with E-state index < -0.39 is 0 Å². The van der Waals surface area contributed by atoms with Gasteiger partial charge in [-0.3, -0.25) is 14.5 Å².